The normalized spacial score (nSPS) is 12.8. The highest BCUT2D eigenvalue weighted by molar-refractivity contribution is 5.35. The van der Waals surface area contributed by atoms with Crippen LogP contribution in [0, 0.1) is 5.92 Å². The van der Waals surface area contributed by atoms with Crippen molar-refractivity contribution in [1.82, 2.24) is 0 Å². The molecule has 0 heterocycles. The van der Waals surface area contributed by atoms with Crippen molar-refractivity contribution in [1.29, 1.82) is 0 Å². The van der Waals surface area contributed by atoms with Crippen molar-refractivity contribution >= 4 is 0 Å². The number of aliphatic hydroxyl groups is 1. The smallest absolute Gasteiger partial charge is 0.125 e. The summed E-state index contributed by atoms with van der Waals surface area (Å²) in [5.41, 5.74) is 0.918. The first-order valence-corrected chi connectivity index (χ1v) is 6.55. The lowest BCUT2D eigenvalue weighted by Crippen LogP contribution is -2.04. The minimum Gasteiger partial charge on any atom is -0.493 e. The Balaban J connectivity index is 2.67. The second-order valence-corrected chi connectivity index (χ2v) is 4.87. The average Bonchev–Trinajstić information content (AvgIpc) is 2.33. The topological polar surface area (TPSA) is 29.5 Å². The zero-order valence-electron chi connectivity index (χ0n) is 11.1. The number of hydrogen-bond acceptors (Lipinski definition) is 2. The Morgan fingerprint density at radius 1 is 1.18 bits per heavy atom. The van der Waals surface area contributed by atoms with E-state index in [-0.39, 0.29) is 0 Å². The lowest BCUT2D eigenvalue weighted by atomic mass is 9.99. The Morgan fingerprint density at radius 2 is 1.88 bits per heavy atom. The van der Waals surface area contributed by atoms with Gasteiger partial charge in [-0.3, -0.25) is 0 Å². The molecular formula is C15H24O2. The summed E-state index contributed by atoms with van der Waals surface area (Å²) in [6.07, 6.45) is 2.40. The molecule has 0 aliphatic heterocycles. The third-order valence-corrected chi connectivity index (χ3v) is 2.76. The quantitative estimate of drug-likeness (QED) is 0.777. The summed E-state index contributed by atoms with van der Waals surface area (Å²) in [4.78, 5) is 0. The largest absolute Gasteiger partial charge is 0.493 e. The van der Waals surface area contributed by atoms with E-state index in [0.717, 1.165) is 30.6 Å². The van der Waals surface area contributed by atoms with E-state index in [1.165, 1.54) is 0 Å². The van der Waals surface area contributed by atoms with Crippen molar-refractivity contribution in [2.24, 2.45) is 5.92 Å². The molecule has 0 bridgehead atoms. The summed E-state index contributed by atoms with van der Waals surface area (Å²) < 4.78 is 5.65. The van der Waals surface area contributed by atoms with Gasteiger partial charge in [-0.05, 0) is 31.2 Å². The maximum absolute atomic E-state index is 10.2. The molecule has 0 radical (unpaired) electrons. The van der Waals surface area contributed by atoms with Gasteiger partial charge in [0.2, 0.25) is 0 Å². The lowest BCUT2D eigenvalue weighted by molar-refractivity contribution is 0.153. The Morgan fingerprint density at radius 3 is 2.53 bits per heavy atom. The highest BCUT2D eigenvalue weighted by atomic mass is 16.5. The minimum absolute atomic E-state index is 0.412. The summed E-state index contributed by atoms with van der Waals surface area (Å²) in [7, 11) is 0. The Bertz CT molecular complexity index is 320. The molecule has 1 rings (SSSR count). The van der Waals surface area contributed by atoms with Crippen molar-refractivity contribution in [2.75, 3.05) is 6.61 Å². The van der Waals surface area contributed by atoms with Crippen molar-refractivity contribution in [3.8, 4) is 5.75 Å². The maximum Gasteiger partial charge on any atom is 0.125 e. The first-order chi connectivity index (χ1) is 8.15. The van der Waals surface area contributed by atoms with E-state index in [2.05, 4.69) is 20.8 Å². The van der Waals surface area contributed by atoms with Gasteiger partial charge < -0.3 is 9.84 Å². The molecule has 1 atom stereocenters. The lowest BCUT2D eigenvalue weighted by Gasteiger charge is -2.16. The van der Waals surface area contributed by atoms with Gasteiger partial charge in [-0.25, -0.2) is 0 Å². The van der Waals surface area contributed by atoms with Gasteiger partial charge in [0.15, 0.2) is 0 Å². The number of rotatable bonds is 7. The number of ether oxygens (including phenoxy) is 1. The van der Waals surface area contributed by atoms with E-state index in [4.69, 9.17) is 4.74 Å². The van der Waals surface area contributed by atoms with E-state index in [1.54, 1.807) is 0 Å². The van der Waals surface area contributed by atoms with Gasteiger partial charge in [-0.2, -0.15) is 0 Å². The molecular weight excluding hydrogens is 212 g/mol. The standard InChI is InChI=1S/C15H24O2/c1-4-11-17-15-8-6-5-7-13(15)14(16)10-9-12(2)3/h5-8,12,14,16H,4,9-11H2,1-3H3. The average molecular weight is 236 g/mol. The summed E-state index contributed by atoms with van der Waals surface area (Å²) >= 11 is 0. The van der Waals surface area contributed by atoms with Crippen molar-refractivity contribution in [2.45, 2.75) is 46.1 Å². The fourth-order valence-corrected chi connectivity index (χ4v) is 1.75. The third kappa shape index (κ3) is 4.78. The molecule has 1 aromatic rings. The van der Waals surface area contributed by atoms with Gasteiger partial charge >= 0.3 is 0 Å². The van der Waals surface area contributed by atoms with E-state index in [1.807, 2.05) is 24.3 Å². The first-order valence-electron chi connectivity index (χ1n) is 6.55. The van der Waals surface area contributed by atoms with Crippen molar-refractivity contribution in [3.63, 3.8) is 0 Å². The van der Waals surface area contributed by atoms with Crippen LogP contribution in [-0.2, 0) is 0 Å². The Hall–Kier alpha value is -1.02. The molecule has 0 aliphatic rings. The van der Waals surface area contributed by atoms with Crippen LogP contribution in [0.25, 0.3) is 0 Å². The molecule has 1 aromatic carbocycles. The predicted octanol–water partition coefficient (Wildman–Crippen LogP) is 3.95. The van der Waals surface area contributed by atoms with Crippen molar-refractivity contribution < 1.29 is 9.84 Å². The van der Waals surface area contributed by atoms with Crippen LogP contribution in [0.5, 0.6) is 5.75 Å². The van der Waals surface area contributed by atoms with Crippen LogP contribution in [-0.4, -0.2) is 11.7 Å². The molecule has 0 aromatic heterocycles. The molecule has 2 heteroatoms. The predicted molar refractivity (Wildman–Crippen MR) is 71.3 cm³/mol. The van der Waals surface area contributed by atoms with E-state index >= 15 is 0 Å². The van der Waals surface area contributed by atoms with Crippen LogP contribution in [0.2, 0.25) is 0 Å². The van der Waals surface area contributed by atoms with Gasteiger partial charge in [0.1, 0.15) is 5.75 Å². The molecule has 0 amide bonds. The molecule has 0 fully saturated rings. The number of para-hydroxylation sites is 1. The van der Waals surface area contributed by atoms with Gasteiger partial charge in [0.25, 0.3) is 0 Å². The molecule has 1 unspecified atom stereocenters. The van der Waals surface area contributed by atoms with Crippen molar-refractivity contribution in [3.05, 3.63) is 29.8 Å². The summed E-state index contributed by atoms with van der Waals surface area (Å²) in [6, 6.07) is 7.79. The number of hydrogen-bond donors (Lipinski definition) is 1. The first kappa shape index (κ1) is 14.0. The molecule has 0 saturated carbocycles. The maximum atomic E-state index is 10.2. The van der Waals surface area contributed by atoms with Crippen LogP contribution in [0.15, 0.2) is 24.3 Å². The Kier molecular flexibility index (Phi) is 6.06. The van der Waals surface area contributed by atoms with Crippen LogP contribution in [0.1, 0.15) is 51.7 Å². The van der Waals surface area contributed by atoms with Gasteiger partial charge in [0, 0.05) is 5.56 Å². The van der Waals surface area contributed by atoms with Crippen LogP contribution >= 0.6 is 0 Å². The van der Waals surface area contributed by atoms with E-state index in [0.29, 0.717) is 12.5 Å². The molecule has 0 spiro atoms. The zero-order valence-corrected chi connectivity index (χ0v) is 11.1. The fourth-order valence-electron chi connectivity index (χ4n) is 1.75. The van der Waals surface area contributed by atoms with E-state index in [9.17, 15) is 5.11 Å². The van der Waals surface area contributed by atoms with Gasteiger partial charge in [-0.15, -0.1) is 0 Å². The highest BCUT2D eigenvalue weighted by Crippen LogP contribution is 2.29. The molecule has 1 N–H and O–H groups in total. The van der Waals surface area contributed by atoms with Crippen LogP contribution in [0.3, 0.4) is 0 Å². The fraction of sp³-hybridized carbons (Fsp3) is 0.600. The van der Waals surface area contributed by atoms with Crippen LogP contribution in [0.4, 0.5) is 0 Å². The summed E-state index contributed by atoms with van der Waals surface area (Å²) in [5.74, 6) is 1.44. The van der Waals surface area contributed by atoms with Gasteiger partial charge in [-0.1, -0.05) is 39.0 Å². The second kappa shape index (κ2) is 7.33. The number of benzene rings is 1. The summed E-state index contributed by atoms with van der Waals surface area (Å²) in [5, 5.41) is 10.2. The number of aliphatic hydroxyl groups excluding tert-OH is 1. The zero-order chi connectivity index (χ0) is 12.7. The molecule has 2 nitrogen and oxygen atoms in total. The highest BCUT2D eigenvalue weighted by Gasteiger charge is 2.13. The Labute approximate surface area is 105 Å². The minimum atomic E-state index is -0.412. The second-order valence-electron chi connectivity index (χ2n) is 4.87. The van der Waals surface area contributed by atoms with Gasteiger partial charge in [0.05, 0.1) is 12.7 Å². The SMILES string of the molecule is CCCOc1ccccc1C(O)CCC(C)C. The monoisotopic (exact) mass is 236 g/mol. The molecule has 96 valence electrons. The third-order valence-electron chi connectivity index (χ3n) is 2.76. The molecule has 0 saturated heterocycles. The van der Waals surface area contributed by atoms with E-state index < -0.39 is 6.10 Å². The van der Waals surface area contributed by atoms with Crippen LogP contribution < -0.4 is 4.74 Å². The molecule has 17 heavy (non-hydrogen) atoms. The molecule has 0 aliphatic carbocycles. The summed E-state index contributed by atoms with van der Waals surface area (Å²) in [6.45, 7) is 7.13.